The van der Waals surface area contributed by atoms with Crippen LogP contribution in [-0.4, -0.2) is 38.6 Å². The molecule has 1 saturated heterocycles. The predicted molar refractivity (Wildman–Crippen MR) is 101 cm³/mol. The molecule has 1 aliphatic heterocycles. The van der Waals surface area contributed by atoms with E-state index in [0.717, 1.165) is 16.1 Å². The lowest BCUT2D eigenvalue weighted by molar-refractivity contribution is -0.325. The molecular weight excluding hydrogens is 372 g/mol. The van der Waals surface area contributed by atoms with Crippen LogP contribution in [0, 0.1) is 13.8 Å². The van der Waals surface area contributed by atoms with E-state index in [9.17, 15) is 5.11 Å². The van der Waals surface area contributed by atoms with E-state index >= 15 is 0 Å². The third-order valence-electron chi connectivity index (χ3n) is 4.39. The Bertz CT molecular complexity index is 801. The van der Waals surface area contributed by atoms with Crippen molar-refractivity contribution in [2.24, 2.45) is 0 Å². The molecule has 2 aromatic carbocycles. The minimum atomic E-state index is -1.86. The van der Waals surface area contributed by atoms with E-state index < -0.39 is 12.1 Å². The predicted octanol–water partition coefficient (Wildman–Crippen LogP) is 3.57. The molecule has 0 aromatic heterocycles. The van der Waals surface area contributed by atoms with Crippen LogP contribution in [-0.2, 0) is 15.4 Å². The van der Waals surface area contributed by atoms with Gasteiger partial charge < -0.3 is 28.8 Å². The summed E-state index contributed by atoms with van der Waals surface area (Å²) in [6.07, 6.45) is -0.431. The zero-order valence-electron chi connectivity index (χ0n) is 15.7. The average Bonchev–Trinajstić information content (AvgIpc) is 3.06. The second-order valence-corrected chi connectivity index (χ2v) is 6.76. The molecule has 0 amide bonds. The number of hydrogen-bond acceptors (Lipinski definition) is 6. The Morgan fingerprint density at radius 3 is 2.41 bits per heavy atom. The van der Waals surface area contributed by atoms with E-state index in [2.05, 4.69) is 0 Å². The Balaban J connectivity index is 1.67. The molecule has 1 heterocycles. The molecule has 146 valence electrons. The van der Waals surface area contributed by atoms with Gasteiger partial charge in [-0.2, -0.15) is 0 Å². The smallest absolute Gasteiger partial charge is 0.310 e. The van der Waals surface area contributed by atoms with Crippen LogP contribution in [0.2, 0.25) is 5.02 Å². The van der Waals surface area contributed by atoms with Crippen LogP contribution in [0.3, 0.4) is 0 Å². The van der Waals surface area contributed by atoms with Gasteiger partial charge in [-0.1, -0.05) is 11.6 Å². The molecule has 1 fully saturated rings. The largest absolute Gasteiger partial charge is 0.493 e. The Morgan fingerprint density at radius 2 is 1.78 bits per heavy atom. The van der Waals surface area contributed by atoms with Gasteiger partial charge in [0.1, 0.15) is 18.5 Å². The van der Waals surface area contributed by atoms with E-state index in [0.29, 0.717) is 22.8 Å². The van der Waals surface area contributed by atoms with Gasteiger partial charge in [0, 0.05) is 10.6 Å². The normalized spacial score (nSPS) is 21.9. The van der Waals surface area contributed by atoms with Gasteiger partial charge in [-0.05, 0) is 55.3 Å². The molecule has 1 N–H and O–H groups in total. The summed E-state index contributed by atoms with van der Waals surface area (Å²) in [5, 5.41) is 11.5. The van der Waals surface area contributed by atoms with Crippen LogP contribution in [0.4, 0.5) is 0 Å². The van der Waals surface area contributed by atoms with Gasteiger partial charge in [0.25, 0.3) is 0 Å². The van der Waals surface area contributed by atoms with Gasteiger partial charge in [-0.25, -0.2) is 0 Å². The molecule has 7 heteroatoms. The van der Waals surface area contributed by atoms with Crippen molar-refractivity contribution in [2.75, 3.05) is 27.4 Å². The quantitative estimate of drug-likeness (QED) is 0.808. The van der Waals surface area contributed by atoms with Crippen molar-refractivity contribution < 1.29 is 28.8 Å². The average molecular weight is 395 g/mol. The second-order valence-electron chi connectivity index (χ2n) is 6.38. The highest BCUT2D eigenvalue weighted by molar-refractivity contribution is 6.32. The topological polar surface area (TPSA) is 66.4 Å². The van der Waals surface area contributed by atoms with Gasteiger partial charge >= 0.3 is 5.97 Å². The number of ether oxygens (including phenoxy) is 5. The summed E-state index contributed by atoms with van der Waals surface area (Å²) in [6, 6.07) is 8.70. The van der Waals surface area contributed by atoms with E-state index in [1.165, 1.54) is 7.11 Å². The zero-order chi connectivity index (χ0) is 19.6. The summed E-state index contributed by atoms with van der Waals surface area (Å²) in [7, 11) is 3.07. The zero-order valence-corrected chi connectivity index (χ0v) is 16.5. The maximum atomic E-state index is 10.7. The molecular formula is C20H23ClO6. The van der Waals surface area contributed by atoms with Crippen molar-refractivity contribution >= 4 is 11.6 Å². The number of rotatable bonds is 6. The highest BCUT2D eigenvalue weighted by Crippen LogP contribution is 2.37. The first-order chi connectivity index (χ1) is 12.9. The summed E-state index contributed by atoms with van der Waals surface area (Å²) < 4.78 is 27.5. The molecule has 0 radical (unpaired) electrons. The molecule has 6 nitrogen and oxygen atoms in total. The highest BCUT2D eigenvalue weighted by Gasteiger charge is 2.42. The van der Waals surface area contributed by atoms with Gasteiger partial charge in [0.05, 0.1) is 20.8 Å². The number of benzene rings is 2. The first kappa shape index (κ1) is 19.8. The molecule has 0 spiro atoms. The molecule has 2 aromatic rings. The molecule has 2 atom stereocenters. The lowest BCUT2D eigenvalue weighted by atomic mass is 10.1. The number of hydrogen-bond donors (Lipinski definition) is 1. The van der Waals surface area contributed by atoms with Crippen LogP contribution < -0.4 is 14.2 Å². The number of aryl methyl sites for hydroxylation is 2. The van der Waals surface area contributed by atoms with Crippen molar-refractivity contribution in [3.05, 3.63) is 52.0 Å². The molecule has 1 aliphatic rings. The number of aliphatic hydroxyl groups is 1. The molecule has 0 saturated carbocycles. The Kier molecular flexibility index (Phi) is 5.81. The lowest BCUT2D eigenvalue weighted by Gasteiger charge is -2.22. The van der Waals surface area contributed by atoms with E-state index in [1.807, 2.05) is 26.0 Å². The van der Waals surface area contributed by atoms with Crippen LogP contribution in [0.25, 0.3) is 0 Å². The first-order valence-corrected chi connectivity index (χ1v) is 8.90. The Labute approximate surface area is 163 Å². The number of halogens is 1. The maximum absolute atomic E-state index is 10.7. The minimum absolute atomic E-state index is 0.191. The standard InChI is InChI=1S/C20H23ClO6/c1-12-7-15(8-13(2)19(12)21)25-10-16-11-26-20(22,27-16)14-5-6-17(23-3)18(9-14)24-4/h5-9,16,22H,10-11H2,1-4H3/t16-,20+/m0/s1. The second kappa shape index (κ2) is 7.94. The van der Waals surface area contributed by atoms with E-state index in [-0.39, 0.29) is 13.2 Å². The van der Waals surface area contributed by atoms with Crippen LogP contribution in [0.5, 0.6) is 17.2 Å². The van der Waals surface area contributed by atoms with Crippen molar-refractivity contribution in [1.29, 1.82) is 0 Å². The third-order valence-corrected chi connectivity index (χ3v) is 4.98. The lowest BCUT2D eigenvalue weighted by Crippen LogP contribution is -2.29. The van der Waals surface area contributed by atoms with Crippen LogP contribution in [0.15, 0.2) is 30.3 Å². The summed E-state index contributed by atoms with van der Waals surface area (Å²) >= 11 is 6.18. The van der Waals surface area contributed by atoms with Gasteiger partial charge in [0.2, 0.25) is 0 Å². The monoisotopic (exact) mass is 394 g/mol. The fourth-order valence-electron chi connectivity index (χ4n) is 2.94. The van der Waals surface area contributed by atoms with Gasteiger partial charge in [0.15, 0.2) is 11.5 Å². The summed E-state index contributed by atoms with van der Waals surface area (Å²) in [5.74, 6) is -0.141. The minimum Gasteiger partial charge on any atom is -0.493 e. The molecule has 3 rings (SSSR count). The molecule has 0 bridgehead atoms. The molecule has 0 unspecified atom stereocenters. The fraction of sp³-hybridized carbons (Fsp3) is 0.400. The molecule has 27 heavy (non-hydrogen) atoms. The van der Waals surface area contributed by atoms with Crippen molar-refractivity contribution in [1.82, 2.24) is 0 Å². The summed E-state index contributed by atoms with van der Waals surface area (Å²) in [5.41, 5.74) is 2.30. The third kappa shape index (κ3) is 4.14. The van der Waals surface area contributed by atoms with Crippen LogP contribution >= 0.6 is 11.6 Å². The summed E-state index contributed by atoms with van der Waals surface area (Å²) in [4.78, 5) is 0. The summed E-state index contributed by atoms with van der Waals surface area (Å²) in [6.45, 7) is 4.27. The maximum Gasteiger partial charge on any atom is 0.310 e. The van der Waals surface area contributed by atoms with Gasteiger partial charge in [-0.3, -0.25) is 0 Å². The van der Waals surface area contributed by atoms with Gasteiger partial charge in [-0.15, -0.1) is 0 Å². The highest BCUT2D eigenvalue weighted by atomic mass is 35.5. The van der Waals surface area contributed by atoms with E-state index in [1.54, 1.807) is 25.3 Å². The fourth-order valence-corrected chi connectivity index (χ4v) is 3.05. The SMILES string of the molecule is COc1ccc([C@@]2(O)OC[C@H](COc3cc(C)c(Cl)c(C)c3)O2)cc1OC. The number of methoxy groups -OCH3 is 2. The van der Waals surface area contributed by atoms with E-state index in [4.69, 9.17) is 35.3 Å². The molecule has 0 aliphatic carbocycles. The Hall–Kier alpha value is -1.99. The van der Waals surface area contributed by atoms with Crippen molar-refractivity contribution in [3.8, 4) is 17.2 Å². The van der Waals surface area contributed by atoms with Crippen LogP contribution in [0.1, 0.15) is 16.7 Å². The van der Waals surface area contributed by atoms with Crippen molar-refractivity contribution in [2.45, 2.75) is 25.9 Å². The Morgan fingerprint density at radius 1 is 1.11 bits per heavy atom. The first-order valence-electron chi connectivity index (χ1n) is 8.52. The van der Waals surface area contributed by atoms with Crippen molar-refractivity contribution in [3.63, 3.8) is 0 Å².